The van der Waals surface area contributed by atoms with E-state index in [9.17, 15) is 4.79 Å². The van der Waals surface area contributed by atoms with E-state index in [1.165, 1.54) is 13.2 Å². The Hall–Kier alpha value is -3.53. The fraction of sp³-hybridized carbons (Fsp3) is 0.333. The zero-order valence-electron chi connectivity index (χ0n) is 17.4. The number of nitrogens with two attached hydrogens (primary N) is 1. The van der Waals surface area contributed by atoms with E-state index in [0.29, 0.717) is 30.8 Å². The Bertz CT molecular complexity index is 1000. The highest BCUT2D eigenvalue weighted by Gasteiger charge is 2.26. The lowest BCUT2D eigenvalue weighted by Crippen LogP contribution is -2.48. The number of esters is 1. The number of carbonyl (C=O) groups excluding carboxylic acids is 1. The second-order valence-electron chi connectivity index (χ2n) is 6.98. The summed E-state index contributed by atoms with van der Waals surface area (Å²) in [4.78, 5) is 22.9. The summed E-state index contributed by atoms with van der Waals surface area (Å²) in [7, 11) is 3.09. The molecule has 2 aromatic rings. The molecule has 10 heteroatoms. The molecule has 0 saturated carbocycles. The molecule has 0 unspecified atom stereocenters. The van der Waals surface area contributed by atoms with Crippen LogP contribution in [0, 0.1) is 11.2 Å². The van der Waals surface area contributed by atoms with Gasteiger partial charge in [0.15, 0.2) is 0 Å². The third kappa shape index (κ3) is 5.34. The number of amidine groups is 1. The Balaban J connectivity index is 1.82. The van der Waals surface area contributed by atoms with Crippen molar-refractivity contribution in [2.24, 2.45) is 10.9 Å². The van der Waals surface area contributed by atoms with Crippen LogP contribution in [0.25, 0.3) is 11.1 Å². The van der Waals surface area contributed by atoms with Crippen molar-refractivity contribution in [2.45, 2.75) is 19.6 Å². The Kier molecular flexibility index (Phi) is 7.14. The number of aromatic nitrogens is 1. The Morgan fingerprint density at radius 1 is 1.29 bits per heavy atom. The van der Waals surface area contributed by atoms with Crippen molar-refractivity contribution in [3.05, 3.63) is 47.4 Å². The minimum Gasteiger partial charge on any atom is -0.460 e. The molecule has 0 amide bonds. The van der Waals surface area contributed by atoms with Gasteiger partial charge in [-0.3, -0.25) is 10.2 Å². The number of anilines is 1. The summed E-state index contributed by atoms with van der Waals surface area (Å²) < 4.78 is 25.4. The van der Waals surface area contributed by atoms with Crippen LogP contribution >= 0.6 is 0 Å². The summed E-state index contributed by atoms with van der Waals surface area (Å²) in [6.45, 7) is 1.27. The van der Waals surface area contributed by atoms with Gasteiger partial charge in [-0.15, -0.1) is 0 Å². The summed E-state index contributed by atoms with van der Waals surface area (Å²) in [6.07, 6.45) is 1.27. The molecule has 1 saturated heterocycles. The van der Waals surface area contributed by atoms with Crippen molar-refractivity contribution in [1.82, 2.24) is 4.98 Å². The molecule has 1 aliphatic heterocycles. The molecule has 3 rings (SSSR count). The number of carbonyl (C=O) groups is 1. The number of hydrogen-bond acceptors (Lipinski definition) is 8. The molecule has 0 bridgehead atoms. The van der Waals surface area contributed by atoms with E-state index < -0.39 is 11.8 Å². The van der Waals surface area contributed by atoms with Crippen LogP contribution in [0.2, 0.25) is 0 Å². The van der Waals surface area contributed by atoms with Crippen LogP contribution in [0.4, 0.5) is 10.2 Å². The predicted molar refractivity (Wildman–Crippen MR) is 113 cm³/mol. The van der Waals surface area contributed by atoms with E-state index >= 15 is 4.39 Å². The van der Waals surface area contributed by atoms with Gasteiger partial charge in [0, 0.05) is 35.6 Å². The topological polar surface area (TPSA) is 123 Å². The van der Waals surface area contributed by atoms with Gasteiger partial charge in [0.05, 0.1) is 25.4 Å². The highest BCUT2D eigenvalue weighted by Crippen LogP contribution is 2.30. The number of ether oxygens (including phenoxy) is 2. The van der Waals surface area contributed by atoms with Crippen molar-refractivity contribution in [2.75, 3.05) is 32.2 Å². The molecule has 164 valence electrons. The van der Waals surface area contributed by atoms with E-state index in [2.05, 4.69) is 10.1 Å². The highest BCUT2D eigenvalue weighted by molar-refractivity contribution is 5.99. The van der Waals surface area contributed by atoms with Crippen LogP contribution in [-0.2, 0) is 32.3 Å². The van der Waals surface area contributed by atoms with Crippen molar-refractivity contribution >= 4 is 23.3 Å². The van der Waals surface area contributed by atoms with Crippen molar-refractivity contribution in [3.8, 4) is 11.1 Å². The first-order valence-corrected chi connectivity index (χ1v) is 9.51. The Morgan fingerprint density at radius 3 is 2.74 bits per heavy atom. The molecule has 0 radical (unpaired) electrons. The molecular formula is C21H24FN5O4. The number of benzene rings is 1. The third-order valence-corrected chi connectivity index (χ3v) is 4.62. The van der Waals surface area contributed by atoms with E-state index in [0.717, 1.165) is 17.1 Å². The van der Waals surface area contributed by atoms with Crippen LogP contribution in [0.3, 0.4) is 0 Å². The summed E-state index contributed by atoms with van der Waals surface area (Å²) in [6, 6.07) is 6.69. The maximum atomic E-state index is 15.1. The maximum Gasteiger partial charge on any atom is 0.313 e. The molecule has 1 aromatic heterocycles. The van der Waals surface area contributed by atoms with Gasteiger partial charge in [0.1, 0.15) is 37.6 Å². The van der Waals surface area contributed by atoms with Crippen molar-refractivity contribution < 1.29 is 23.5 Å². The summed E-state index contributed by atoms with van der Waals surface area (Å²) in [5, 5.41) is 11.0. The first-order chi connectivity index (χ1) is 14.9. The number of nitrogens with zero attached hydrogens (tertiary/aromatic N) is 3. The third-order valence-electron chi connectivity index (χ3n) is 4.62. The maximum absolute atomic E-state index is 15.1. The molecule has 1 fully saturated rings. The molecule has 1 aliphatic rings. The Morgan fingerprint density at radius 2 is 2.06 bits per heavy atom. The summed E-state index contributed by atoms with van der Waals surface area (Å²) >= 11 is 0. The number of hydrogen-bond donors (Lipinski definition) is 2. The van der Waals surface area contributed by atoms with Gasteiger partial charge < -0.3 is 24.9 Å². The number of nitrogens with one attached hydrogen (secondary N) is 1. The SMILES string of the molecule is COCc1cc(-c2cccc(COC(=O)CC(=N)N)c2F)cnc1N1CC(=NOC)C1. The van der Waals surface area contributed by atoms with Gasteiger partial charge in [-0.1, -0.05) is 23.4 Å². The number of oxime groups is 1. The second kappa shape index (κ2) is 9.98. The Labute approximate surface area is 179 Å². The monoisotopic (exact) mass is 429 g/mol. The van der Waals surface area contributed by atoms with E-state index in [-0.39, 0.29) is 24.4 Å². The number of methoxy groups -OCH3 is 1. The lowest BCUT2D eigenvalue weighted by molar-refractivity contribution is -0.143. The first-order valence-electron chi connectivity index (χ1n) is 9.51. The van der Waals surface area contributed by atoms with Gasteiger partial charge in [-0.2, -0.15) is 0 Å². The van der Waals surface area contributed by atoms with Crippen LogP contribution in [0.1, 0.15) is 17.5 Å². The molecule has 9 nitrogen and oxygen atoms in total. The second-order valence-corrected chi connectivity index (χ2v) is 6.98. The van der Waals surface area contributed by atoms with E-state index in [4.69, 9.17) is 25.5 Å². The minimum atomic E-state index is -0.684. The largest absolute Gasteiger partial charge is 0.460 e. The number of pyridine rings is 1. The van der Waals surface area contributed by atoms with Crippen LogP contribution in [0.15, 0.2) is 35.6 Å². The van der Waals surface area contributed by atoms with E-state index in [1.54, 1.807) is 25.4 Å². The zero-order valence-corrected chi connectivity index (χ0v) is 17.4. The van der Waals surface area contributed by atoms with Crippen LogP contribution < -0.4 is 10.6 Å². The number of rotatable bonds is 9. The molecule has 3 N–H and O–H groups in total. The normalized spacial score (nSPS) is 12.9. The highest BCUT2D eigenvalue weighted by atomic mass is 19.1. The molecule has 0 atom stereocenters. The number of halogens is 1. The van der Waals surface area contributed by atoms with Crippen LogP contribution in [0.5, 0.6) is 0 Å². The van der Waals surface area contributed by atoms with Gasteiger partial charge in [0.2, 0.25) is 0 Å². The van der Waals surface area contributed by atoms with Crippen molar-refractivity contribution in [3.63, 3.8) is 0 Å². The first kappa shape index (κ1) is 22.2. The fourth-order valence-electron chi connectivity index (χ4n) is 3.21. The summed E-state index contributed by atoms with van der Waals surface area (Å²) in [5.74, 6) is -0.750. The van der Waals surface area contributed by atoms with Crippen LogP contribution in [-0.4, -0.2) is 49.8 Å². The van der Waals surface area contributed by atoms with E-state index in [1.807, 2.05) is 11.0 Å². The van der Waals surface area contributed by atoms with Crippen molar-refractivity contribution in [1.29, 1.82) is 5.41 Å². The fourth-order valence-corrected chi connectivity index (χ4v) is 3.21. The average molecular weight is 429 g/mol. The van der Waals surface area contributed by atoms with Gasteiger partial charge in [-0.05, 0) is 6.07 Å². The minimum absolute atomic E-state index is 0.218. The molecule has 0 spiro atoms. The standard InChI is InChI=1S/C21H24FN5O4/c1-29-11-15-6-14(8-25-21(15)27-9-16(10-27)26-30-2)17-5-3-4-13(20(17)22)12-31-19(28)7-18(23)24/h3-6,8H,7,9-12H2,1-2H3,(H3,23,24). The summed E-state index contributed by atoms with van der Waals surface area (Å²) in [5.41, 5.74) is 8.03. The average Bonchev–Trinajstić information content (AvgIpc) is 2.70. The molecule has 2 heterocycles. The molecule has 31 heavy (non-hydrogen) atoms. The molecule has 0 aliphatic carbocycles. The molecule has 1 aromatic carbocycles. The lowest BCUT2D eigenvalue weighted by atomic mass is 10.0. The quantitative estimate of drug-likeness (QED) is 0.271. The molecular weight excluding hydrogens is 405 g/mol. The predicted octanol–water partition coefficient (Wildman–Crippen LogP) is 2.23. The van der Waals surface area contributed by atoms with Gasteiger partial charge in [-0.25, -0.2) is 9.37 Å². The van der Waals surface area contributed by atoms with Gasteiger partial charge >= 0.3 is 5.97 Å². The lowest BCUT2D eigenvalue weighted by Gasteiger charge is -2.34. The van der Waals surface area contributed by atoms with Gasteiger partial charge in [0.25, 0.3) is 0 Å². The zero-order chi connectivity index (χ0) is 22.4. The smallest absolute Gasteiger partial charge is 0.313 e.